The van der Waals surface area contributed by atoms with E-state index in [9.17, 15) is 0 Å². The normalized spacial score (nSPS) is 12.0. The zero-order chi connectivity index (χ0) is 19.3. The van der Waals surface area contributed by atoms with Crippen molar-refractivity contribution in [3.8, 4) is 0 Å². The Kier molecular flexibility index (Phi) is 19.5. The van der Waals surface area contributed by atoms with Gasteiger partial charge >= 0.3 is 5.97 Å². The van der Waals surface area contributed by atoms with Crippen LogP contribution < -0.4 is 0 Å². The van der Waals surface area contributed by atoms with Gasteiger partial charge in [0.15, 0.2) is 0 Å². The summed E-state index contributed by atoms with van der Waals surface area (Å²) >= 11 is 0. The summed E-state index contributed by atoms with van der Waals surface area (Å²) in [6.45, 7) is 11.9. The van der Waals surface area contributed by atoms with Gasteiger partial charge in [0.25, 0.3) is 0 Å². The van der Waals surface area contributed by atoms with Crippen LogP contribution in [0.15, 0.2) is 0 Å². The van der Waals surface area contributed by atoms with Crippen molar-refractivity contribution in [3.63, 3.8) is 0 Å². The second-order valence-corrected chi connectivity index (χ2v) is 7.11. The molecule has 4 heteroatoms. The molecule has 4 nitrogen and oxygen atoms in total. The van der Waals surface area contributed by atoms with E-state index in [4.69, 9.17) is 18.9 Å². The first-order chi connectivity index (χ1) is 12.7. The fourth-order valence-corrected chi connectivity index (χ4v) is 2.64. The Balaban J connectivity index is 4.63. The molecule has 0 saturated carbocycles. The van der Waals surface area contributed by atoms with Gasteiger partial charge in [-0.1, -0.05) is 79.1 Å². The van der Waals surface area contributed by atoms with E-state index in [-0.39, 0.29) is 0 Å². The lowest BCUT2D eigenvalue weighted by molar-refractivity contribution is -0.395. The largest absolute Gasteiger partial charge is 0.373 e. The number of rotatable bonds is 21. The van der Waals surface area contributed by atoms with Crippen molar-refractivity contribution in [2.75, 3.05) is 33.0 Å². The summed E-state index contributed by atoms with van der Waals surface area (Å²) in [5, 5.41) is 0. The van der Waals surface area contributed by atoms with Gasteiger partial charge in [0.05, 0.1) is 19.8 Å². The van der Waals surface area contributed by atoms with E-state index in [2.05, 4.69) is 27.7 Å². The van der Waals surface area contributed by atoms with Crippen LogP contribution in [0.1, 0.15) is 105 Å². The average molecular weight is 375 g/mol. The maximum atomic E-state index is 6.13. The molecule has 0 rings (SSSR count). The summed E-state index contributed by atoms with van der Waals surface area (Å²) in [6.07, 6.45) is 13.6. The van der Waals surface area contributed by atoms with Gasteiger partial charge < -0.3 is 18.9 Å². The topological polar surface area (TPSA) is 36.9 Å². The standard InChI is InChI=1S/C22H46O4/c1-5-9-13-17-23-21-22(24-18-14-10-6-2,25-19-15-11-7-3)26-20-16-12-8-4/h5-21H2,1-4H3. The molecule has 158 valence electrons. The lowest BCUT2D eigenvalue weighted by Gasteiger charge is -2.33. The molecule has 0 bridgehead atoms. The fraction of sp³-hybridized carbons (Fsp3) is 1.00. The number of hydrogen-bond donors (Lipinski definition) is 0. The van der Waals surface area contributed by atoms with Crippen LogP contribution in [0.2, 0.25) is 0 Å². The molecule has 0 radical (unpaired) electrons. The molecule has 0 aromatic heterocycles. The highest BCUT2D eigenvalue weighted by atomic mass is 16.9. The van der Waals surface area contributed by atoms with Gasteiger partial charge in [0.2, 0.25) is 0 Å². The summed E-state index contributed by atoms with van der Waals surface area (Å²) in [5.41, 5.74) is 0. The number of hydrogen-bond acceptors (Lipinski definition) is 4. The maximum Gasteiger partial charge on any atom is 0.307 e. The van der Waals surface area contributed by atoms with E-state index >= 15 is 0 Å². The molecule has 0 aliphatic carbocycles. The molecule has 0 aromatic carbocycles. The molecule has 0 aromatic rings. The van der Waals surface area contributed by atoms with Crippen molar-refractivity contribution >= 4 is 0 Å². The van der Waals surface area contributed by atoms with Gasteiger partial charge in [-0.05, 0) is 25.7 Å². The first-order valence-corrected chi connectivity index (χ1v) is 11.2. The van der Waals surface area contributed by atoms with Crippen molar-refractivity contribution in [2.24, 2.45) is 0 Å². The Morgan fingerprint density at radius 3 is 1.15 bits per heavy atom. The number of ether oxygens (including phenoxy) is 4. The highest BCUT2D eigenvalue weighted by Crippen LogP contribution is 2.20. The Morgan fingerprint density at radius 1 is 0.462 bits per heavy atom. The molecule has 0 fully saturated rings. The average Bonchev–Trinajstić information content (AvgIpc) is 2.65. The van der Waals surface area contributed by atoms with Crippen LogP contribution in [-0.2, 0) is 18.9 Å². The van der Waals surface area contributed by atoms with Gasteiger partial charge in [-0.2, -0.15) is 0 Å². The van der Waals surface area contributed by atoms with Crippen LogP contribution >= 0.6 is 0 Å². The quantitative estimate of drug-likeness (QED) is 0.170. The predicted octanol–water partition coefficient (Wildman–Crippen LogP) is 6.47. The van der Waals surface area contributed by atoms with E-state index in [1.54, 1.807) is 0 Å². The van der Waals surface area contributed by atoms with Gasteiger partial charge in [-0.25, -0.2) is 0 Å². The molecule has 0 heterocycles. The van der Waals surface area contributed by atoms with Crippen LogP contribution in [0.4, 0.5) is 0 Å². The van der Waals surface area contributed by atoms with E-state index in [1.807, 2.05) is 0 Å². The van der Waals surface area contributed by atoms with Crippen LogP contribution in [-0.4, -0.2) is 39.0 Å². The lowest BCUT2D eigenvalue weighted by atomic mass is 10.2. The Morgan fingerprint density at radius 2 is 0.808 bits per heavy atom. The molecule has 0 saturated heterocycles. The van der Waals surface area contributed by atoms with Crippen molar-refractivity contribution in [1.29, 1.82) is 0 Å². The molecular weight excluding hydrogens is 328 g/mol. The van der Waals surface area contributed by atoms with E-state index in [0.717, 1.165) is 32.3 Å². The highest BCUT2D eigenvalue weighted by molar-refractivity contribution is 4.59. The third-order valence-electron chi connectivity index (χ3n) is 4.38. The second kappa shape index (κ2) is 19.6. The highest BCUT2D eigenvalue weighted by Gasteiger charge is 2.34. The first-order valence-electron chi connectivity index (χ1n) is 11.2. The van der Waals surface area contributed by atoms with Crippen molar-refractivity contribution in [2.45, 2.75) is 111 Å². The lowest BCUT2D eigenvalue weighted by Crippen LogP contribution is -2.45. The molecule has 0 aliphatic rings. The minimum atomic E-state index is -1.03. The van der Waals surface area contributed by atoms with Gasteiger partial charge in [0, 0.05) is 6.61 Å². The van der Waals surface area contributed by atoms with Gasteiger partial charge in [0.1, 0.15) is 6.61 Å². The molecular formula is C22H46O4. The third kappa shape index (κ3) is 15.0. The Hall–Kier alpha value is -0.160. The summed E-state index contributed by atoms with van der Waals surface area (Å²) in [6, 6.07) is 0. The smallest absolute Gasteiger partial charge is 0.307 e. The summed E-state index contributed by atoms with van der Waals surface area (Å²) in [5.74, 6) is -1.03. The van der Waals surface area contributed by atoms with Crippen LogP contribution in [0.3, 0.4) is 0 Å². The van der Waals surface area contributed by atoms with E-state index < -0.39 is 5.97 Å². The van der Waals surface area contributed by atoms with Crippen LogP contribution in [0, 0.1) is 0 Å². The second-order valence-electron chi connectivity index (χ2n) is 7.11. The SMILES string of the molecule is CCCCCOCC(OCCCCC)(OCCCCC)OCCCCC. The molecule has 0 atom stereocenters. The van der Waals surface area contributed by atoms with E-state index in [1.165, 1.54) is 51.4 Å². The molecule has 26 heavy (non-hydrogen) atoms. The third-order valence-corrected chi connectivity index (χ3v) is 4.38. The van der Waals surface area contributed by atoms with Crippen molar-refractivity contribution in [3.05, 3.63) is 0 Å². The summed E-state index contributed by atoms with van der Waals surface area (Å²) in [4.78, 5) is 0. The maximum absolute atomic E-state index is 6.13. The van der Waals surface area contributed by atoms with Crippen LogP contribution in [0.5, 0.6) is 0 Å². The minimum Gasteiger partial charge on any atom is -0.373 e. The van der Waals surface area contributed by atoms with Gasteiger partial charge in [-0.15, -0.1) is 0 Å². The minimum absolute atomic E-state index is 0.362. The zero-order valence-corrected chi connectivity index (χ0v) is 18.2. The van der Waals surface area contributed by atoms with Crippen molar-refractivity contribution in [1.82, 2.24) is 0 Å². The molecule has 0 aliphatic heterocycles. The predicted molar refractivity (Wildman–Crippen MR) is 110 cm³/mol. The molecule has 0 spiro atoms. The summed E-state index contributed by atoms with van der Waals surface area (Å²) < 4.78 is 24.3. The Bertz CT molecular complexity index is 240. The zero-order valence-electron chi connectivity index (χ0n) is 18.2. The number of unbranched alkanes of at least 4 members (excludes halogenated alkanes) is 8. The summed E-state index contributed by atoms with van der Waals surface area (Å²) in [7, 11) is 0. The molecule has 0 unspecified atom stereocenters. The molecule has 0 N–H and O–H groups in total. The monoisotopic (exact) mass is 374 g/mol. The van der Waals surface area contributed by atoms with Crippen molar-refractivity contribution < 1.29 is 18.9 Å². The first kappa shape index (κ1) is 25.8. The van der Waals surface area contributed by atoms with Gasteiger partial charge in [-0.3, -0.25) is 0 Å². The van der Waals surface area contributed by atoms with E-state index in [0.29, 0.717) is 26.4 Å². The fourth-order valence-electron chi connectivity index (χ4n) is 2.64. The van der Waals surface area contributed by atoms with Crippen LogP contribution in [0.25, 0.3) is 0 Å². The Labute approximate surface area is 163 Å². The molecule has 0 amide bonds.